The Hall–Kier alpha value is -4.64. The molecule has 0 saturated carbocycles. The van der Waals surface area contributed by atoms with Gasteiger partial charge in [0, 0.05) is 69.4 Å². The quantitative estimate of drug-likeness (QED) is 0.105. The number of nitrogens with zero attached hydrogens (tertiary/aromatic N) is 2. The number of aryl methyl sites for hydroxylation is 3. The van der Waals surface area contributed by atoms with Crippen molar-refractivity contribution < 1.29 is 24.6 Å². The first-order chi connectivity index (χ1) is 24.4. The van der Waals surface area contributed by atoms with Crippen molar-refractivity contribution in [1.82, 2.24) is 25.3 Å². The second-order valence-electron chi connectivity index (χ2n) is 13.4. The van der Waals surface area contributed by atoms with Gasteiger partial charge in [0.05, 0.1) is 29.1 Å². The number of aromatic nitrogens is 4. The average molecular weight is 712 g/mol. The van der Waals surface area contributed by atoms with Crippen LogP contribution in [-0.4, -0.2) is 66.0 Å². The third-order valence-electron chi connectivity index (χ3n) is 10.2. The van der Waals surface area contributed by atoms with E-state index in [1.165, 1.54) is 0 Å². The Balaban J connectivity index is 1.87. The van der Waals surface area contributed by atoms with E-state index in [4.69, 9.17) is 9.97 Å². The molecule has 11 heteroatoms. The summed E-state index contributed by atoms with van der Waals surface area (Å²) < 4.78 is 0. The van der Waals surface area contributed by atoms with Gasteiger partial charge in [0.25, 0.3) is 0 Å². The van der Waals surface area contributed by atoms with Gasteiger partial charge < -0.3 is 25.5 Å². The molecule has 0 unspecified atom stereocenters. The number of carbonyl (C=O) groups is 3. The Morgan fingerprint density at radius 3 is 2.35 bits per heavy atom. The van der Waals surface area contributed by atoms with Gasteiger partial charge >= 0.3 is 11.9 Å². The zero-order valence-electron chi connectivity index (χ0n) is 30.5. The van der Waals surface area contributed by atoms with Crippen molar-refractivity contribution in [2.45, 2.75) is 91.9 Å². The number of thioether (sulfide) groups is 1. The summed E-state index contributed by atoms with van der Waals surface area (Å²) in [6, 6.07) is 5.93. The third kappa shape index (κ3) is 7.83. The van der Waals surface area contributed by atoms with Crippen LogP contribution in [0.2, 0.25) is 0 Å². The maximum absolute atomic E-state index is 13.7. The highest BCUT2D eigenvalue weighted by molar-refractivity contribution is 7.99. The minimum absolute atomic E-state index is 0.0152. The standard InChI is InChI=1S/C40H49N5O5S/c1-8-11-15-51-16-14-41-35(46)17-28-38-27(12-13-36(47)48)23(6)31(44-38)18-29-21(4)25(9-2)33(42-29)19-30-22(5)26(10-3)34(43-30)20-32-24(7)37(40(49)50)39(28)45-32/h9,18-20,23,27,42-43H,2,8,10-17H2,1,3-7H3,(H,41,46)(H,47,48)(H,49,50)/t23-,27-/m0/s1. The largest absolute Gasteiger partial charge is 0.481 e. The molecule has 0 radical (unpaired) electrons. The molecule has 3 aromatic heterocycles. The van der Waals surface area contributed by atoms with Crippen LogP contribution in [0.1, 0.15) is 116 Å². The molecular formula is C40H49N5O5S. The van der Waals surface area contributed by atoms with E-state index in [1.54, 1.807) is 18.7 Å². The second-order valence-corrected chi connectivity index (χ2v) is 14.6. The molecule has 2 atom stereocenters. The molecule has 0 aliphatic carbocycles. The molecule has 2 aliphatic rings. The average Bonchev–Trinajstić information content (AvgIpc) is 3.77. The number of allylic oxidation sites excluding steroid dienone is 1. The Morgan fingerprint density at radius 1 is 0.961 bits per heavy atom. The molecule has 5 rings (SSSR count). The molecule has 5 heterocycles. The predicted octanol–water partition coefficient (Wildman–Crippen LogP) is 8.10. The summed E-state index contributed by atoms with van der Waals surface area (Å²) in [4.78, 5) is 55.8. The second kappa shape index (κ2) is 16.1. The summed E-state index contributed by atoms with van der Waals surface area (Å²) in [6.07, 6.45) is 4.80. The Morgan fingerprint density at radius 2 is 1.69 bits per heavy atom. The Kier molecular flexibility index (Phi) is 11.9. The normalized spacial score (nSPS) is 15.6. The molecule has 0 fully saturated rings. The molecule has 3 aromatic rings. The van der Waals surface area contributed by atoms with Crippen molar-refractivity contribution in [3.05, 3.63) is 75.4 Å². The SMILES string of the molecule is C=Cc1c(C)c2cc3nc(c(CC(=O)NCCSCCCC)c4nc(cc5[nH]c(cc1[nH]2)c(C)c5CC)C(C)=C4C(=O)O)[C@@H](CCC(=O)O)[C@@H]3C. The van der Waals surface area contributed by atoms with E-state index < -0.39 is 11.9 Å². The molecule has 2 aliphatic heterocycles. The van der Waals surface area contributed by atoms with Crippen molar-refractivity contribution in [1.29, 1.82) is 0 Å². The van der Waals surface area contributed by atoms with Crippen molar-refractivity contribution in [2.24, 2.45) is 0 Å². The lowest BCUT2D eigenvalue weighted by atomic mass is 9.84. The fourth-order valence-electron chi connectivity index (χ4n) is 7.21. The monoisotopic (exact) mass is 711 g/mol. The number of hydrogen-bond donors (Lipinski definition) is 5. The number of aromatic amines is 2. The molecule has 0 aromatic carbocycles. The van der Waals surface area contributed by atoms with E-state index in [0.717, 1.165) is 75.1 Å². The van der Waals surface area contributed by atoms with Crippen LogP contribution < -0.4 is 5.32 Å². The van der Waals surface area contributed by atoms with Gasteiger partial charge in [0.2, 0.25) is 5.91 Å². The molecule has 1 amide bonds. The lowest BCUT2D eigenvalue weighted by Gasteiger charge is -2.18. The zero-order chi connectivity index (χ0) is 37.0. The number of hydrogen-bond acceptors (Lipinski definition) is 6. The first-order valence-electron chi connectivity index (χ1n) is 17.8. The summed E-state index contributed by atoms with van der Waals surface area (Å²) in [5.41, 5.74) is 10.4. The van der Waals surface area contributed by atoms with Crippen LogP contribution >= 0.6 is 11.8 Å². The van der Waals surface area contributed by atoms with Crippen LogP contribution in [0.5, 0.6) is 0 Å². The topological polar surface area (TPSA) is 161 Å². The highest BCUT2D eigenvalue weighted by atomic mass is 32.2. The zero-order valence-corrected chi connectivity index (χ0v) is 31.3. The number of nitrogens with one attached hydrogen (secondary N) is 3. The first kappa shape index (κ1) is 37.6. The van der Waals surface area contributed by atoms with Gasteiger partial charge in [0.15, 0.2) is 0 Å². The van der Waals surface area contributed by atoms with Gasteiger partial charge in [-0.3, -0.25) is 14.6 Å². The predicted molar refractivity (Wildman–Crippen MR) is 207 cm³/mol. The molecule has 5 N–H and O–H groups in total. The van der Waals surface area contributed by atoms with Gasteiger partial charge in [-0.05, 0) is 86.2 Å². The van der Waals surface area contributed by atoms with Crippen molar-refractivity contribution in [3.63, 3.8) is 0 Å². The van der Waals surface area contributed by atoms with E-state index in [9.17, 15) is 24.6 Å². The summed E-state index contributed by atoms with van der Waals surface area (Å²) in [6.45, 7) is 16.6. The van der Waals surface area contributed by atoms with Crippen LogP contribution in [0.25, 0.3) is 39.3 Å². The van der Waals surface area contributed by atoms with Gasteiger partial charge in [-0.25, -0.2) is 9.78 Å². The van der Waals surface area contributed by atoms with E-state index in [0.29, 0.717) is 34.8 Å². The highest BCUT2D eigenvalue weighted by Crippen LogP contribution is 2.43. The smallest absolute Gasteiger partial charge is 0.338 e. The molecule has 270 valence electrons. The van der Waals surface area contributed by atoms with Crippen molar-refractivity contribution >= 4 is 68.9 Å². The van der Waals surface area contributed by atoms with Crippen LogP contribution in [0.4, 0.5) is 0 Å². The van der Waals surface area contributed by atoms with E-state index in [2.05, 4.69) is 48.7 Å². The summed E-state index contributed by atoms with van der Waals surface area (Å²) in [5.74, 6) is -1.18. The van der Waals surface area contributed by atoms with Gasteiger partial charge in [-0.1, -0.05) is 39.8 Å². The number of carbonyl (C=O) groups excluding carboxylic acids is 1. The van der Waals surface area contributed by atoms with Crippen LogP contribution in [-0.2, 0) is 27.2 Å². The van der Waals surface area contributed by atoms with Crippen LogP contribution in [0.15, 0.2) is 24.8 Å². The third-order valence-corrected chi connectivity index (χ3v) is 11.2. The minimum Gasteiger partial charge on any atom is -0.481 e. The number of unbranched alkanes of at least 4 members (excludes halogenated alkanes) is 1. The molecule has 8 bridgehead atoms. The molecule has 51 heavy (non-hydrogen) atoms. The van der Waals surface area contributed by atoms with Crippen LogP contribution in [0.3, 0.4) is 0 Å². The van der Waals surface area contributed by atoms with E-state index >= 15 is 0 Å². The molecule has 0 spiro atoms. The number of aliphatic carboxylic acids is 2. The van der Waals surface area contributed by atoms with Gasteiger partial charge in [-0.15, -0.1) is 0 Å². The van der Waals surface area contributed by atoms with E-state index in [-0.39, 0.29) is 48.3 Å². The lowest BCUT2D eigenvalue weighted by Crippen LogP contribution is -2.28. The number of fused-ring (bicyclic) bond motifs is 8. The maximum atomic E-state index is 13.7. The van der Waals surface area contributed by atoms with E-state index in [1.807, 2.05) is 32.1 Å². The summed E-state index contributed by atoms with van der Waals surface area (Å²) in [5, 5.41) is 23.4. The number of rotatable bonds is 14. The number of carboxylic acid groups (broad SMARTS) is 2. The Labute approximate surface area is 303 Å². The Bertz CT molecular complexity index is 2070. The number of H-pyrrole nitrogens is 2. The first-order valence-corrected chi connectivity index (χ1v) is 18.9. The molecule has 0 saturated heterocycles. The van der Waals surface area contributed by atoms with Crippen molar-refractivity contribution in [2.75, 3.05) is 18.1 Å². The lowest BCUT2D eigenvalue weighted by molar-refractivity contribution is -0.137. The maximum Gasteiger partial charge on any atom is 0.338 e. The van der Waals surface area contributed by atoms with Crippen LogP contribution in [0, 0.1) is 13.8 Å². The summed E-state index contributed by atoms with van der Waals surface area (Å²) >= 11 is 1.78. The van der Waals surface area contributed by atoms with Gasteiger partial charge in [-0.2, -0.15) is 11.8 Å². The van der Waals surface area contributed by atoms with Gasteiger partial charge in [0.1, 0.15) is 0 Å². The fraction of sp³-hybridized carbons (Fsp3) is 0.425. The number of carboxylic acids is 2. The van der Waals surface area contributed by atoms with Crippen molar-refractivity contribution in [3.8, 4) is 0 Å². The molecular weight excluding hydrogens is 663 g/mol. The minimum atomic E-state index is -1.15. The highest BCUT2D eigenvalue weighted by Gasteiger charge is 2.35. The summed E-state index contributed by atoms with van der Waals surface area (Å²) in [7, 11) is 0. The fourth-order valence-corrected chi connectivity index (χ4v) is 8.15. The molecule has 10 nitrogen and oxygen atoms in total. The number of amides is 1.